The summed E-state index contributed by atoms with van der Waals surface area (Å²) in [4.78, 5) is 4.41. The molecule has 1 aromatic carbocycles. The van der Waals surface area contributed by atoms with Crippen molar-refractivity contribution in [1.29, 1.82) is 0 Å². The molecule has 3 rings (SSSR count). The standard InChI is InChI=1S/C15H17N3/c1-2-16-15-6-4-13(10-18-15)11-3-5-14-12(9-11)7-8-17-14/h3-6,9-10,17H,2,7-8H2,1H3,(H,16,18). The first-order chi connectivity index (χ1) is 8.86. The summed E-state index contributed by atoms with van der Waals surface area (Å²) < 4.78 is 0. The van der Waals surface area contributed by atoms with Crippen LogP contribution in [0.5, 0.6) is 0 Å². The summed E-state index contributed by atoms with van der Waals surface area (Å²) in [5.41, 5.74) is 5.10. The Hall–Kier alpha value is -2.03. The van der Waals surface area contributed by atoms with Crippen molar-refractivity contribution < 1.29 is 0 Å². The van der Waals surface area contributed by atoms with Gasteiger partial charge in [-0.15, -0.1) is 0 Å². The Morgan fingerprint density at radius 2 is 2.11 bits per heavy atom. The first-order valence-corrected chi connectivity index (χ1v) is 6.44. The molecule has 0 saturated carbocycles. The molecule has 1 aromatic heterocycles. The van der Waals surface area contributed by atoms with Crippen molar-refractivity contribution in [2.45, 2.75) is 13.3 Å². The zero-order valence-corrected chi connectivity index (χ0v) is 10.5. The van der Waals surface area contributed by atoms with Crippen LogP contribution in [0.1, 0.15) is 12.5 Å². The number of rotatable bonds is 3. The molecule has 3 nitrogen and oxygen atoms in total. The molecule has 0 radical (unpaired) electrons. The maximum Gasteiger partial charge on any atom is 0.125 e. The normalized spacial score (nSPS) is 12.9. The number of nitrogens with one attached hydrogen (secondary N) is 2. The Balaban J connectivity index is 1.90. The second-order valence-corrected chi connectivity index (χ2v) is 4.51. The van der Waals surface area contributed by atoms with E-state index in [2.05, 4.69) is 46.8 Å². The van der Waals surface area contributed by atoms with Gasteiger partial charge in [-0.2, -0.15) is 0 Å². The lowest BCUT2D eigenvalue weighted by Crippen LogP contribution is -1.98. The summed E-state index contributed by atoms with van der Waals surface area (Å²) in [6.45, 7) is 4.02. The predicted octanol–water partition coefficient (Wildman–Crippen LogP) is 3.15. The Morgan fingerprint density at radius 1 is 1.22 bits per heavy atom. The van der Waals surface area contributed by atoms with Crippen molar-refractivity contribution >= 4 is 11.5 Å². The van der Waals surface area contributed by atoms with Crippen LogP contribution >= 0.6 is 0 Å². The lowest BCUT2D eigenvalue weighted by Gasteiger charge is -2.06. The number of hydrogen-bond donors (Lipinski definition) is 2. The molecule has 0 unspecified atom stereocenters. The Labute approximate surface area is 107 Å². The number of nitrogens with zero attached hydrogens (tertiary/aromatic N) is 1. The van der Waals surface area contributed by atoms with Gasteiger partial charge < -0.3 is 10.6 Å². The molecule has 0 bridgehead atoms. The van der Waals surface area contributed by atoms with E-state index in [1.165, 1.54) is 22.4 Å². The number of aromatic nitrogens is 1. The lowest BCUT2D eigenvalue weighted by molar-refractivity contribution is 1.11. The van der Waals surface area contributed by atoms with Gasteiger partial charge >= 0.3 is 0 Å². The quantitative estimate of drug-likeness (QED) is 0.864. The number of fused-ring (bicyclic) bond motifs is 1. The van der Waals surface area contributed by atoms with E-state index in [0.717, 1.165) is 25.3 Å². The van der Waals surface area contributed by atoms with Crippen molar-refractivity contribution in [1.82, 2.24) is 4.98 Å². The van der Waals surface area contributed by atoms with E-state index in [1.807, 2.05) is 12.3 Å². The molecule has 2 N–H and O–H groups in total. The Kier molecular flexibility index (Phi) is 2.89. The fourth-order valence-corrected chi connectivity index (χ4v) is 2.33. The van der Waals surface area contributed by atoms with Gasteiger partial charge in [0, 0.05) is 30.5 Å². The summed E-state index contributed by atoms with van der Waals surface area (Å²) in [6, 6.07) is 10.7. The third kappa shape index (κ3) is 2.04. The second kappa shape index (κ2) is 4.69. The van der Waals surface area contributed by atoms with Gasteiger partial charge in [0.15, 0.2) is 0 Å². The van der Waals surface area contributed by atoms with Crippen molar-refractivity contribution in [3.63, 3.8) is 0 Å². The second-order valence-electron chi connectivity index (χ2n) is 4.51. The topological polar surface area (TPSA) is 37.0 Å². The summed E-state index contributed by atoms with van der Waals surface area (Å²) in [6.07, 6.45) is 3.05. The van der Waals surface area contributed by atoms with Crippen LogP contribution in [0, 0.1) is 0 Å². The highest BCUT2D eigenvalue weighted by Gasteiger charge is 2.10. The first-order valence-electron chi connectivity index (χ1n) is 6.44. The van der Waals surface area contributed by atoms with Gasteiger partial charge in [0.1, 0.15) is 5.82 Å². The molecular formula is C15H17N3. The van der Waals surface area contributed by atoms with E-state index in [0.29, 0.717) is 0 Å². The largest absolute Gasteiger partial charge is 0.384 e. The maximum atomic E-state index is 4.41. The zero-order valence-electron chi connectivity index (χ0n) is 10.5. The summed E-state index contributed by atoms with van der Waals surface area (Å²) in [5.74, 6) is 0.934. The van der Waals surface area contributed by atoms with Crippen LogP contribution in [0.15, 0.2) is 36.5 Å². The molecule has 0 fully saturated rings. The van der Waals surface area contributed by atoms with Crippen LogP contribution in [-0.2, 0) is 6.42 Å². The number of hydrogen-bond acceptors (Lipinski definition) is 3. The van der Waals surface area contributed by atoms with Crippen molar-refractivity contribution in [3.8, 4) is 11.1 Å². The molecule has 2 aromatic rings. The van der Waals surface area contributed by atoms with Crippen LogP contribution in [0.2, 0.25) is 0 Å². The predicted molar refractivity (Wildman–Crippen MR) is 76.0 cm³/mol. The smallest absolute Gasteiger partial charge is 0.125 e. The summed E-state index contributed by atoms with van der Waals surface area (Å²) >= 11 is 0. The lowest BCUT2D eigenvalue weighted by atomic mass is 10.0. The van der Waals surface area contributed by atoms with Crippen LogP contribution in [-0.4, -0.2) is 18.1 Å². The third-order valence-corrected chi connectivity index (χ3v) is 3.27. The highest BCUT2D eigenvalue weighted by molar-refractivity contribution is 5.70. The molecule has 92 valence electrons. The third-order valence-electron chi connectivity index (χ3n) is 3.27. The molecule has 0 atom stereocenters. The minimum Gasteiger partial charge on any atom is -0.384 e. The van der Waals surface area contributed by atoms with E-state index < -0.39 is 0 Å². The average Bonchev–Trinajstić information content (AvgIpc) is 2.87. The molecule has 0 aliphatic carbocycles. The van der Waals surface area contributed by atoms with Crippen LogP contribution in [0.3, 0.4) is 0 Å². The monoisotopic (exact) mass is 239 g/mol. The highest BCUT2D eigenvalue weighted by atomic mass is 15.0. The fourth-order valence-electron chi connectivity index (χ4n) is 2.33. The molecule has 3 heteroatoms. The Morgan fingerprint density at radius 3 is 2.89 bits per heavy atom. The number of anilines is 2. The van der Waals surface area contributed by atoms with Crippen molar-refractivity contribution in [3.05, 3.63) is 42.1 Å². The fraction of sp³-hybridized carbons (Fsp3) is 0.267. The maximum absolute atomic E-state index is 4.41. The van der Waals surface area contributed by atoms with Gasteiger partial charge in [-0.05, 0) is 48.7 Å². The molecule has 0 spiro atoms. The summed E-state index contributed by atoms with van der Waals surface area (Å²) in [7, 11) is 0. The number of pyridine rings is 1. The molecule has 0 saturated heterocycles. The van der Waals surface area contributed by atoms with E-state index in [-0.39, 0.29) is 0 Å². The molecule has 1 aliphatic heterocycles. The van der Waals surface area contributed by atoms with E-state index >= 15 is 0 Å². The zero-order chi connectivity index (χ0) is 12.4. The minimum atomic E-state index is 0.900. The minimum absolute atomic E-state index is 0.900. The van der Waals surface area contributed by atoms with Gasteiger partial charge in [0.05, 0.1) is 0 Å². The molecule has 2 heterocycles. The highest BCUT2D eigenvalue weighted by Crippen LogP contribution is 2.28. The molecule has 18 heavy (non-hydrogen) atoms. The number of benzene rings is 1. The molecule has 0 amide bonds. The van der Waals surface area contributed by atoms with Gasteiger partial charge in [0.25, 0.3) is 0 Å². The SMILES string of the molecule is CCNc1ccc(-c2ccc3c(c2)CCN3)cn1. The van der Waals surface area contributed by atoms with Crippen molar-refractivity contribution in [2.75, 3.05) is 23.7 Å². The van der Waals surface area contributed by atoms with Gasteiger partial charge in [-0.3, -0.25) is 0 Å². The average molecular weight is 239 g/mol. The van der Waals surface area contributed by atoms with Crippen LogP contribution < -0.4 is 10.6 Å². The molecular weight excluding hydrogens is 222 g/mol. The van der Waals surface area contributed by atoms with Crippen molar-refractivity contribution in [2.24, 2.45) is 0 Å². The Bertz CT molecular complexity index is 546. The summed E-state index contributed by atoms with van der Waals surface area (Å²) in [5, 5.41) is 6.59. The van der Waals surface area contributed by atoms with E-state index in [9.17, 15) is 0 Å². The van der Waals surface area contributed by atoms with Gasteiger partial charge in [0.2, 0.25) is 0 Å². The van der Waals surface area contributed by atoms with Gasteiger partial charge in [-0.25, -0.2) is 4.98 Å². The first kappa shape index (κ1) is 11.1. The molecule has 1 aliphatic rings. The van der Waals surface area contributed by atoms with E-state index in [1.54, 1.807) is 0 Å². The van der Waals surface area contributed by atoms with E-state index in [4.69, 9.17) is 0 Å². The van der Waals surface area contributed by atoms with Crippen LogP contribution in [0.25, 0.3) is 11.1 Å². The van der Waals surface area contributed by atoms with Crippen LogP contribution in [0.4, 0.5) is 11.5 Å². The van der Waals surface area contributed by atoms with Gasteiger partial charge in [-0.1, -0.05) is 6.07 Å².